The van der Waals surface area contributed by atoms with E-state index in [1.165, 1.54) is 12.4 Å². The van der Waals surface area contributed by atoms with Crippen molar-refractivity contribution < 1.29 is 22.7 Å². The molecule has 0 unspecified atom stereocenters. The first kappa shape index (κ1) is 23.0. The van der Waals surface area contributed by atoms with Gasteiger partial charge in [-0.2, -0.15) is 13.2 Å². The average molecular weight is 458 g/mol. The number of aromatic nitrogens is 2. The summed E-state index contributed by atoms with van der Waals surface area (Å²) in [6, 6.07) is 11.2. The Balaban J connectivity index is 1.70. The zero-order chi connectivity index (χ0) is 23.6. The Morgan fingerprint density at radius 2 is 1.85 bits per heavy atom. The Bertz CT molecular complexity index is 1210. The van der Waals surface area contributed by atoms with Crippen molar-refractivity contribution in [3.63, 3.8) is 0 Å². The normalized spacial score (nSPS) is 18.9. The summed E-state index contributed by atoms with van der Waals surface area (Å²) < 4.78 is 46.1. The molecule has 0 radical (unpaired) electrons. The molecule has 1 saturated carbocycles. The van der Waals surface area contributed by atoms with Crippen LogP contribution in [-0.2, 0) is 11.3 Å². The predicted molar refractivity (Wildman–Crippen MR) is 118 cm³/mol. The smallest absolute Gasteiger partial charge is 0.391 e. The predicted octanol–water partition coefficient (Wildman–Crippen LogP) is 5.46. The standard InChI is InChI=1S/C25H25F3N2O3/c1-2-33-24(32)20-15-30(21-8-5-13-29-22(21)23(20)31)14-17-6-3-4-7-19(17)16-9-11-18(12-10-16)25(26,27)28/h3-8,13,15-16,18H,2,9-12,14H2,1H3. The quantitative estimate of drug-likeness (QED) is 0.477. The summed E-state index contributed by atoms with van der Waals surface area (Å²) >= 11 is 0. The van der Waals surface area contributed by atoms with Crippen LogP contribution in [0.5, 0.6) is 0 Å². The minimum Gasteiger partial charge on any atom is -0.462 e. The van der Waals surface area contributed by atoms with Crippen LogP contribution in [0.4, 0.5) is 13.2 Å². The van der Waals surface area contributed by atoms with Gasteiger partial charge in [0, 0.05) is 18.9 Å². The van der Waals surface area contributed by atoms with Gasteiger partial charge in [0.1, 0.15) is 11.1 Å². The summed E-state index contributed by atoms with van der Waals surface area (Å²) in [5.41, 5.74) is 2.12. The second-order valence-corrected chi connectivity index (χ2v) is 8.38. The topological polar surface area (TPSA) is 61.2 Å². The zero-order valence-electron chi connectivity index (χ0n) is 18.3. The van der Waals surface area contributed by atoms with Crippen molar-refractivity contribution in [2.24, 2.45) is 5.92 Å². The van der Waals surface area contributed by atoms with Gasteiger partial charge in [0.25, 0.3) is 0 Å². The molecule has 4 rings (SSSR count). The van der Waals surface area contributed by atoms with Crippen LogP contribution in [0.3, 0.4) is 0 Å². The summed E-state index contributed by atoms with van der Waals surface area (Å²) in [7, 11) is 0. The molecule has 1 aromatic carbocycles. The molecule has 1 aliphatic rings. The lowest BCUT2D eigenvalue weighted by Crippen LogP contribution is -2.27. The third-order valence-electron chi connectivity index (χ3n) is 6.36. The van der Waals surface area contributed by atoms with Crippen molar-refractivity contribution in [3.05, 3.63) is 75.7 Å². The van der Waals surface area contributed by atoms with Gasteiger partial charge < -0.3 is 9.30 Å². The number of nitrogens with zero attached hydrogens (tertiary/aromatic N) is 2. The number of hydrogen-bond donors (Lipinski definition) is 0. The zero-order valence-corrected chi connectivity index (χ0v) is 18.3. The van der Waals surface area contributed by atoms with Crippen LogP contribution in [0.15, 0.2) is 53.6 Å². The average Bonchev–Trinajstić information content (AvgIpc) is 2.81. The molecule has 0 N–H and O–H groups in total. The Labute approximate surface area is 189 Å². The maximum absolute atomic E-state index is 13.1. The number of carbonyl (C=O) groups is 1. The fourth-order valence-electron chi connectivity index (χ4n) is 4.69. The highest BCUT2D eigenvalue weighted by Crippen LogP contribution is 2.43. The Hall–Kier alpha value is -3.16. The van der Waals surface area contributed by atoms with E-state index in [1.807, 2.05) is 24.3 Å². The number of fused-ring (bicyclic) bond motifs is 1. The first-order valence-corrected chi connectivity index (χ1v) is 11.1. The molecule has 0 spiro atoms. The SMILES string of the molecule is CCOC(=O)c1cn(Cc2ccccc2C2CCC(C(F)(F)F)CC2)c2cccnc2c1=O. The van der Waals surface area contributed by atoms with Crippen LogP contribution in [0, 0.1) is 5.92 Å². The maximum Gasteiger partial charge on any atom is 0.391 e. The Morgan fingerprint density at radius 1 is 1.12 bits per heavy atom. The number of rotatable bonds is 5. The molecule has 1 fully saturated rings. The van der Waals surface area contributed by atoms with Gasteiger partial charge in [-0.3, -0.25) is 9.78 Å². The van der Waals surface area contributed by atoms with Crippen LogP contribution >= 0.6 is 0 Å². The number of esters is 1. The van der Waals surface area contributed by atoms with Gasteiger partial charge in [0.2, 0.25) is 5.43 Å². The number of alkyl halides is 3. The highest BCUT2D eigenvalue weighted by Gasteiger charge is 2.41. The minimum atomic E-state index is -4.14. The lowest BCUT2D eigenvalue weighted by Gasteiger charge is -2.31. The van der Waals surface area contributed by atoms with Gasteiger partial charge in [-0.05, 0) is 61.8 Å². The van der Waals surface area contributed by atoms with Crippen molar-refractivity contribution in [2.45, 2.75) is 51.2 Å². The lowest BCUT2D eigenvalue weighted by atomic mass is 9.77. The first-order valence-electron chi connectivity index (χ1n) is 11.1. The van der Waals surface area contributed by atoms with Gasteiger partial charge in [-0.15, -0.1) is 0 Å². The van der Waals surface area contributed by atoms with E-state index >= 15 is 0 Å². The summed E-state index contributed by atoms with van der Waals surface area (Å²) in [5.74, 6) is -1.90. The monoisotopic (exact) mass is 458 g/mol. The lowest BCUT2D eigenvalue weighted by molar-refractivity contribution is -0.182. The van der Waals surface area contributed by atoms with E-state index in [0.29, 0.717) is 24.9 Å². The molecule has 2 heterocycles. The maximum atomic E-state index is 13.1. The molecule has 0 atom stereocenters. The number of pyridine rings is 2. The third kappa shape index (κ3) is 4.79. The van der Waals surface area contributed by atoms with E-state index in [2.05, 4.69) is 4.98 Å². The second kappa shape index (κ2) is 9.37. The summed E-state index contributed by atoms with van der Waals surface area (Å²) in [6.07, 6.45) is 0.0395. The third-order valence-corrected chi connectivity index (χ3v) is 6.36. The van der Waals surface area contributed by atoms with Crippen molar-refractivity contribution >= 4 is 17.0 Å². The van der Waals surface area contributed by atoms with Crippen LogP contribution in [-0.4, -0.2) is 28.3 Å². The van der Waals surface area contributed by atoms with Gasteiger partial charge in [-0.25, -0.2) is 4.79 Å². The van der Waals surface area contributed by atoms with E-state index in [0.717, 1.165) is 11.1 Å². The van der Waals surface area contributed by atoms with Crippen LogP contribution in [0.25, 0.3) is 11.0 Å². The molecule has 1 aliphatic carbocycles. The van der Waals surface area contributed by atoms with E-state index in [9.17, 15) is 22.8 Å². The van der Waals surface area contributed by atoms with Gasteiger partial charge in [0.15, 0.2) is 0 Å². The molecule has 5 nitrogen and oxygen atoms in total. The molecule has 8 heteroatoms. The molecule has 174 valence electrons. The first-order chi connectivity index (χ1) is 15.8. The Morgan fingerprint density at radius 3 is 2.55 bits per heavy atom. The van der Waals surface area contributed by atoms with Gasteiger partial charge in [-0.1, -0.05) is 24.3 Å². The highest BCUT2D eigenvalue weighted by atomic mass is 19.4. The Kier molecular flexibility index (Phi) is 6.54. The van der Waals surface area contributed by atoms with E-state index in [4.69, 9.17) is 4.74 Å². The molecule has 0 amide bonds. The molecular formula is C25H25F3N2O3. The van der Waals surface area contributed by atoms with E-state index < -0.39 is 23.5 Å². The number of hydrogen-bond acceptors (Lipinski definition) is 4. The van der Waals surface area contributed by atoms with Crippen LogP contribution in [0.2, 0.25) is 0 Å². The number of halogens is 3. The second-order valence-electron chi connectivity index (χ2n) is 8.38. The molecule has 0 aliphatic heterocycles. The van der Waals surface area contributed by atoms with Crippen LogP contribution < -0.4 is 5.43 Å². The molecular weight excluding hydrogens is 433 g/mol. The number of carbonyl (C=O) groups excluding carboxylic acids is 1. The van der Waals surface area contributed by atoms with Crippen molar-refractivity contribution in [2.75, 3.05) is 6.61 Å². The summed E-state index contributed by atoms with van der Waals surface area (Å²) in [6.45, 7) is 2.16. The largest absolute Gasteiger partial charge is 0.462 e. The van der Waals surface area contributed by atoms with Crippen molar-refractivity contribution in [3.8, 4) is 0 Å². The molecule has 2 aromatic heterocycles. The van der Waals surface area contributed by atoms with E-state index in [1.54, 1.807) is 23.6 Å². The van der Waals surface area contributed by atoms with Gasteiger partial charge >= 0.3 is 12.1 Å². The molecule has 0 saturated heterocycles. The summed E-state index contributed by atoms with van der Waals surface area (Å²) in [5, 5.41) is 0. The number of benzene rings is 1. The molecule has 33 heavy (non-hydrogen) atoms. The minimum absolute atomic E-state index is 0.0353. The van der Waals surface area contributed by atoms with Crippen molar-refractivity contribution in [1.82, 2.24) is 9.55 Å². The van der Waals surface area contributed by atoms with Crippen LogP contribution in [0.1, 0.15) is 60.0 Å². The molecule has 0 bridgehead atoms. The summed E-state index contributed by atoms with van der Waals surface area (Å²) in [4.78, 5) is 29.4. The molecule has 3 aromatic rings. The fraction of sp³-hybridized carbons (Fsp3) is 0.400. The van der Waals surface area contributed by atoms with E-state index in [-0.39, 0.29) is 36.4 Å². The van der Waals surface area contributed by atoms with Gasteiger partial charge in [0.05, 0.1) is 18.0 Å². The van der Waals surface area contributed by atoms with Crippen molar-refractivity contribution in [1.29, 1.82) is 0 Å². The number of ether oxygens (including phenoxy) is 1. The highest BCUT2D eigenvalue weighted by molar-refractivity contribution is 5.92. The fourth-order valence-corrected chi connectivity index (χ4v) is 4.69.